The van der Waals surface area contributed by atoms with E-state index in [0.717, 1.165) is 4.57 Å². The molecule has 11 nitrogen and oxygen atoms in total. The number of hydrogen-bond donors (Lipinski definition) is 3. The van der Waals surface area contributed by atoms with E-state index in [2.05, 4.69) is 4.98 Å². The molecular formula is C17H16N4O7. The van der Waals surface area contributed by atoms with Gasteiger partial charge in [-0.1, -0.05) is 0 Å². The third-order valence-electron chi connectivity index (χ3n) is 4.89. The van der Waals surface area contributed by atoms with Gasteiger partial charge in [0.25, 0.3) is 5.69 Å². The van der Waals surface area contributed by atoms with Crippen LogP contribution in [0.2, 0.25) is 0 Å². The number of nitrogens with two attached hydrogens (primary N) is 1. The molecule has 146 valence electrons. The van der Waals surface area contributed by atoms with Crippen LogP contribution in [0.25, 0.3) is 0 Å². The van der Waals surface area contributed by atoms with E-state index >= 15 is 0 Å². The lowest BCUT2D eigenvalue weighted by atomic mass is 9.82. The highest BCUT2D eigenvalue weighted by molar-refractivity contribution is 5.40. The Kier molecular flexibility index (Phi) is 4.14. The number of rotatable bonds is 4. The SMILES string of the molecule is Nc1ccn([C@@H]2O[C@H](C3(c4ccc([N+](=O)[O-])cc4)C=CO3)[C@@H](O)[C@H]2O)c(=O)n1. The lowest BCUT2D eigenvalue weighted by Gasteiger charge is -2.41. The average molecular weight is 388 g/mol. The van der Waals surface area contributed by atoms with Gasteiger partial charge >= 0.3 is 5.69 Å². The lowest BCUT2D eigenvalue weighted by molar-refractivity contribution is -0.384. The van der Waals surface area contributed by atoms with Crippen molar-refractivity contribution in [2.45, 2.75) is 30.1 Å². The first-order chi connectivity index (χ1) is 13.3. The Morgan fingerprint density at radius 3 is 2.43 bits per heavy atom. The van der Waals surface area contributed by atoms with E-state index in [4.69, 9.17) is 15.2 Å². The van der Waals surface area contributed by atoms with Crippen molar-refractivity contribution in [2.24, 2.45) is 0 Å². The first kappa shape index (κ1) is 18.1. The van der Waals surface area contributed by atoms with E-state index in [0.29, 0.717) is 5.56 Å². The lowest BCUT2D eigenvalue weighted by Crippen LogP contribution is -2.50. The van der Waals surface area contributed by atoms with Crippen LogP contribution in [0.3, 0.4) is 0 Å². The molecule has 0 saturated carbocycles. The molecule has 0 amide bonds. The zero-order valence-corrected chi connectivity index (χ0v) is 14.3. The van der Waals surface area contributed by atoms with E-state index in [1.54, 1.807) is 6.08 Å². The molecular weight excluding hydrogens is 372 g/mol. The molecule has 5 atom stereocenters. The maximum absolute atomic E-state index is 12.1. The number of anilines is 1. The summed E-state index contributed by atoms with van der Waals surface area (Å²) in [6, 6.07) is 6.93. The number of hydrogen-bond acceptors (Lipinski definition) is 9. The molecule has 0 spiro atoms. The summed E-state index contributed by atoms with van der Waals surface area (Å²) < 4.78 is 12.4. The minimum atomic E-state index is -1.44. The van der Waals surface area contributed by atoms with Crippen molar-refractivity contribution in [3.05, 3.63) is 75.0 Å². The van der Waals surface area contributed by atoms with Crippen molar-refractivity contribution in [1.82, 2.24) is 9.55 Å². The number of aliphatic hydroxyl groups excluding tert-OH is 2. The van der Waals surface area contributed by atoms with E-state index in [1.165, 1.54) is 42.8 Å². The van der Waals surface area contributed by atoms with Crippen molar-refractivity contribution in [3.8, 4) is 0 Å². The van der Waals surface area contributed by atoms with Crippen LogP contribution in [0, 0.1) is 10.1 Å². The summed E-state index contributed by atoms with van der Waals surface area (Å²) in [6.07, 6.45) is -0.842. The highest BCUT2D eigenvalue weighted by atomic mass is 16.6. The number of nitrogen functional groups attached to an aromatic ring is 1. The monoisotopic (exact) mass is 388 g/mol. The van der Waals surface area contributed by atoms with Crippen molar-refractivity contribution in [3.63, 3.8) is 0 Å². The van der Waals surface area contributed by atoms with Crippen molar-refractivity contribution >= 4 is 11.5 Å². The van der Waals surface area contributed by atoms with Crippen LogP contribution < -0.4 is 11.4 Å². The molecule has 1 aromatic heterocycles. The van der Waals surface area contributed by atoms with Gasteiger partial charge in [0.1, 0.15) is 24.1 Å². The van der Waals surface area contributed by atoms with E-state index in [9.17, 15) is 25.1 Å². The second-order valence-electron chi connectivity index (χ2n) is 6.49. The summed E-state index contributed by atoms with van der Waals surface area (Å²) in [4.78, 5) is 26.0. The number of nitro groups is 1. The maximum atomic E-state index is 12.1. The highest BCUT2D eigenvalue weighted by Gasteiger charge is 2.57. The second kappa shape index (κ2) is 6.41. The number of nitro benzene ring substituents is 1. The van der Waals surface area contributed by atoms with Gasteiger partial charge in [-0.05, 0) is 18.2 Å². The van der Waals surface area contributed by atoms with Crippen LogP contribution in [0.15, 0.2) is 53.7 Å². The number of aromatic nitrogens is 2. The van der Waals surface area contributed by atoms with Crippen molar-refractivity contribution in [2.75, 3.05) is 5.73 Å². The number of ether oxygens (including phenoxy) is 2. The topological polar surface area (TPSA) is 163 Å². The molecule has 1 aromatic carbocycles. The quantitative estimate of drug-likeness (QED) is 0.475. The largest absolute Gasteiger partial charge is 0.483 e. The summed E-state index contributed by atoms with van der Waals surface area (Å²) in [5.74, 6) is 0.0124. The van der Waals surface area contributed by atoms with Gasteiger partial charge in [-0.15, -0.1) is 0 Å². The average Bonchev–Trinajstić information content (AvgIpc) is 2.91. The van der Waals surface area contributed by atoms with Gasteiger partial charge in [-0.3, -0.25) is 14.7 Å². The van der Waals surface area contributed by atoms with Crippen LogP contribution in [0.4, 0.5) is 11.5 Å². The number of nitrogens with zero attached hydrogens (tertiary/aromatic N) is 3. The standard InChI is InChI=1S/C17H16N4O7/c18-11-5-7-20(16(24)19-11)15-13(23)12(22)14(28-15)17(6-8-27-17)9-1-3-10(4-2-9)21(25)26/h1-8,12-15,22-23H,(H2,18,19,24)/t12-,13+,14-,15+,17?/m0/s1. The molecule has 1 fully saturated rings. The number of aliphatic hydroxyl groups is 2. The maximum Gasteiger partial charge on any atom is 0.351 e. The summed E-state index contributed by atoms with van der Waals surface area (Å²) in [6.45, 7) is 0. The fraction of sp³-hybridized carbons (Fsp3) is 0.294. The molecule has 28 heavy (non-hydrogen) atoms. The van der Waals surface area contributed by atoms with Gasteiger partial charge in [0.05, 0.1) is 11.2 Å². The fourth-order valence-corrected chi connectivity index (χ4v) is 3.41. The summed E-state index contributed by atoms with van der Waals surface area (Å²) >= 11 is 0. The third-order valence-corrected chi connectivity index (χ3v) is 4.89. The Balaban J connectivity index is 1.68. The highest BCUT2D eigenvalue weighted by Crippen LogP contribution is 2.46. The minimum Gasteiger partial charge on any atom is -0.483 e. The molecule has 0 aliphatic carbocycles. The molecule has 1 unspecified atom stereocenters. The molecule has 2 aromatic rings. The van der Waals surface area contributed by atoms with E-state index < -0.39 is 40.8 Å². The first-order valence-electron chi connectivity index (χ1n) is 8.30. The molecule has 2 aliphatic heterocycles. The van der Waals surface area contributed by atoms with Crippen LogP contribution in [0.1, 0.15) is 11.8 Å². The van der Waals surface area contributed by atoms with Crippen molar-refractivity contribution < 1.29 is 24.6 Å². The molecule has 0 bridgehead atoms. The fourth-order valence-electron chi connectivity index (χ4n) is 3.41. The third kappa shape index (κ3) is 2.64. The predicted molar refractivity (Wildman–Crippen MR) is 93.8 cm³/mol. The smallest absolute Gasteiger partial charge is 0.351 e. The normalized spacial score (nSPS) is 31.2. The van der Waals surface area contributed by atoms with Crippen LogP contribution in [-0.4, -0.2) is 43.0 Å². The van der Waals surface area contributed by atoms with Gasteiger partial charge in [0.2, 0.25) is 0 Å². The van der Waals surface area contributed by atoms with Gasteiger partial charge < -0.3 is 25.4 Å². The van der Waals surface area contributed by atoms with E-state index in [1.807, 2.05) is 0 Å². The molecule has 2 aliphatic rings. The summed E-state index contributed by atoms with van der Waals surface area (Å²) in [5.41, 5.74) is 3.84. The van der Waals surface area contributed by atoms with Crippen LogP contribution >= 0.6 is 0 Å². The summed E-state index contributed by atoms with van der Waals surface area (Å²) in [5, 5.41) is 31.9. The molecule has 4 rings (SSSR count). The Morgan fingerprint density at radius 2 is 1.89 bits per heavy atom. The number of non-ortho nitro benzene ring substituents is 1. The Labute approximate surface area is 157 Å². The van der Waals surface area contributed by atoms with Crippen molar-refractivity contribution in [1.29, 1.82) is 0 Å². The van der Waals surface area contributed by atoms with Crippen LogP contribution in [0.5, 0.6) is 0 Å². The minimum absolute atomic E-state index is 0.0124. The predicted octanol–water partition coefficient (Wildman–Crippen LogP) is -0.208. The molecule has 11 heteroatoms. The van der Waals surface area contributed by atoms with Gasteiger partial charge in [0, 0.05) is 30.0 Å². The second-order valence-corrected chi connectivity index (χ2v) is 6.49. The molecule has 0 radical (unpaired) electrons. The molecule has 4 N–H and O–H groups in total. The zero-order chi connectivity index (χ0) is 20.1. The Bertz CT molecular complexity index is 1010. The summed E-state index contributed by atoms with van der Waals surface area (Å²) in [7, 11) is 0. The van der Waals surface area contributed by atoms with Gasteiger partial charge in [-0.25, -0.2) is 4.79 Å². The zero-order valence-electron chi connectivity index (χ0n) is 14.3. The Morgan fingerprint density at radius 1 is 1.21 bits per heavy atom. The molecule has 1 saturated heterocycles. The van der Waals surface area contributed by atoms with Gasteiger partial charge in [0.15, 0.2) is 11.8 Å². The first-order valence-corrected chi connectivity index (χ1v) is 8.30. The van der Waals surface area contributed by atoms with Gasteiger partial charge in [-0.2, -0.15) is 4.98 Å². The Hall–Kier alpha value is -3.28. The van der Waals surface area contributed by atoms with E-state index in [-0.39, 0.29) is 11.5 Å². The number of benzene rings is 1. The van der Waals surface area contributed by atoms with Crippen LogP contribution in [-0.2, 0) is 15.1 Å². The molecule has 3 heterocycles.